The van der Waals surface area contributed by atoms with Crippen molar-refractivity contribution in [3.05, 3.63) is 29.8 Å². The first-order valence-electron chi connectivity index (χ1n) is 4.39. The fourth-order valence-electron chi connectivity index (χ4n) is 1.16. The number of rotatable bonds is 1. The Bertz CT molecular complexity index is 294. The van der Waals surface area contributed by atoms with Crippen molar-refractivity contribution < 1.29 is 13.2 Å². The summed E-state index contributed by atoms with van der Waals surface area (Å²) < 4.78 is 37.1. The van der Waals surface area contributed by atoms with Crippen LogP contribution in [-0.2, 0) is 6.18 Å². The average molecular weight is 218 g/mol. The molecule has 0 saturated carbocycles. The van der Waals surface area contributed by atoms with Crippen LogP contribution in [0.5, 0.6) is 0 Å². The molecular weight excluding hydrogens is 205 g/mol. The lowest BCUT2D eigenvalue weighted by molar-refractivity contribution is -0.137. The number of hydrogen-bond donors (Lipinski definition) is 0. The van der Waals surface area contributed by atoms with Crippen LogP contribution < -0.4 is 5.19 Å². The Hall–Kier alpha value is -0.773. The summed E-state index contributed by atoms with van der Waals surface area (Å²) in [6.07, 6.45) is -4.23. The van der Waals surface area contributed by atoms with Crippen LogP contribution in [0.1, 0.15) is 5.56 Å². The van der Waals surface area contributed by atoms with Crippen molar-refractivity contribution in [3.63, 3.8) is 0 Å². The Morgan fingerprint density at radius 3 is 2.07 bits per heavy atom. The van der Waals surface area contributed by atoms with Crippen LogP contribution in [0.2, 0.25) is 19.6 Å². The van der Waals surface area contributed by atoms with Gasteiger partial charge < -0.3 is 0 Å². The minimum Gasteiger partial charge on any atom is -0.166 e. The van der Waals surface area contributed by atoms with Gasteiger partial charge in [0.25, 0.3) is 0 Å². The lowest BCUT2D eigenvalue weighted by Gasteiger charge is -2.18. The van der Waals surface area contributed by atoms with E-state index < -0.39 is 19.8 Å². The van der Waals surface area contributed by atoms with Crippen molar-refractivity contribution in [3.8, 4) is 0 Å². The molecule has 0 unspecified atom stereocenters. The van der Waals surface area contributed by atoms with Crippen LogP contribution in [0, 0.1) is 0 Å². The van der Waals surface area contributed by atoms with E-state index in [-0.39, 0.29) is 0 Å². The van der Waals surface area contributed by atoms with Gasteiger partial charge in [0.2, 0.25) is 0 Å². The molecule has 0 atom stereocenters. The van der Waals surface area contributed by atoms with Gasteiger partial charge in [-0.1, -0.05) is 49.1 Å². The molecule has 0 bridgehead atoms. The number of alkyl halides is 3. The first-order valence-corrected chi connectivity index (χ1v) is 7.89. The van der Waals surface area contributed by atoms with Crippen LogP contribution in [0.3, 0.4) is 0 Å². The number of hydrogen-bond acceptors (Lipinski definition) is 0. The molecule has 0 spiro atoms. The highest BCUT2D eigenvalue weighted by Gasteiger charge is 2.31. The molecule has 4 heteroatoms. The second-order valence-corrected chi connectivity index (χ2v) is 9.41. The van der Waals surface area contributed by atoms with E-state index in [2.05, 4.69) is 0 Å². The summed E-state index contributed by atoms with van der Waals surface area (Å²) in [5.41, 5.74) is -0.544. The lowest BCUT2D eigenvalue weighted by Crippen LogP contribution is -2.38. The SMILES string of the molecule is C[Si](C)(C)c1cccc(C(F)(F)F)c1. The van der Waals surface area contributed by atoms with E-state index in [0.29, 0.717) is 0 Å². The van der Waals surface area contributed by atoms with Crippen LogP contribution >= 0.6 is 0 Å². The van der Waals surface area contributed by atoms with Crippen LogP contribution in [0.25, 0.3) is 0 Å². The summed E-state index contributed by atoms with van der Waals surface area (Å²) in [6.45, 7) is 6.09. The molecule has 0 heterocycles. The molecule has 0 aromatic heterocycles. The van der Waals surface area contributed by atoms with Crippen molar-refractivity contribution in [2.24, 2.45) is 0 Å². The monoisotopic (exact) mass is 218 g/mol. The zero-order chi connectivity index (χ0) is 11.0. The highest BCUT2D eigenvalue weighted by atomic mass is 28.3. The highest BCUT2D eigenvalue weighted by Crippen LogP contribution is 2.28. The van der Waals surface area contributed by atoms with Gasteiger partial charge >= 0.3 is 6.18 Å². The molecule has 0 aliphatic carbocycles. The van der Waals surface area contributed by atoms with Crippen molar-refractivity contribution in [1.29, 1.82) is 0 Å². The molecule has 0 N–H and O–H groups in total. The fraction of sp³-hybridized carbons (Fsp3) is 0.400. The van der Waals surface area contributed by atoms with E-state index >= 15 is 0 Å². The van der Waals surface area contributed by atoms with Crippen molar-refractivity contribution >= 4 is 13.3 Å². The molecular formula is C10H13F3Si. The van der Waals surface area contributed by atoms with Gasteiger partial charge in [0, 0.05) is 0 Å². The molecule has 1 aromatic carbocycles. The fourth-order valence-corrected chi connectivity index (χ4v) is 2.35. The van der Waals surface area contributed by atoms with Crippen LogP contribution in [-0.4, -0.2) is 8.07 Å². The Morgan fingerprint density at radius 2 is 1.64 bits per heavy atom. The highest BCUT2D eigenvalue weighted by molar-refractivity contribution is 6.88. The third-order valence-corrected chi connectivity index (χ3v) is 4.10. The maximum absolute atomic E-state index is 12.4. The van der Waals surface area contributed by atoms with Gasteiger partial charge in [-0.05, 0) is 0 Å². The second-order valence-electron chi connectivity index (χ2n) is 4.33. The summed E-state index contributed by atoms with van der Waals surface area (Å²) in [6, 6.07) is 5.65. The predicted molar refractivity (Wildman–Crippen MR) is 54.4 cm³/mol. The second kappa shape index (κ2) is 3.42. The van der Waals surface area contributed by atoms with Crippen LogP contribution in [0.15, 0.2) is 24.3 Å². The lowest BCUT2D eigenvalue weighted by atomic mass is 10.2. The molecule has 1 rings (SSSR count). The Morgan fingerprint density at radius 1 is 1.07 bits per heavy atom. The van der Waals surface area contributed by atoms with E-state index in [1.54, 1.807) is 6.07 Å². The Balaban J connectivity index is 3.15. The molecule has 1 aromatic rings. The Labute approximate surface area is 82.8 Å². The molecule has 0 amide bonds. The topological polar surface area (TPSA) is 0 Å². The van der Waals surface area contributed by atoms with Gasteiger partial charge in [0.1, 0.15) is 0 Å². The van der Waals surface area contributed by atoms with Crippen molar-refractivity contribution in [1.82, 2.24) is 0 Å². The molecule has 0 aliphatic heterocycles. The molecule has 0 saturated heterocycles. The maximum atomic E-state index is 12.4. The molecule has 0 fully saturated rings. The average Bonchev–Trinajstić information content (AvgIpc) is 2.01. The molecule has 78 valence electrons. The molecule has 0 radical (unpaired) electrons. The quantitative estimate of drug-likeness (QED) is 0.635. The minimum atomic E-state index is -4.23. The summed E-state index contributed by atoms with van der Waals surface area (Å²) in [5.74, 6) is 0. The van der Waals surface area contributed by atoms with Gasteiger partial charge in [0.15, 0.2) is 0 Å². The van der Waals surface area contributed by atoms with Gasteiger partial charge in [-0.3, -0.25) is 0 Å². The Kier molecular flexibility index (Phi) is 2.76. The zero-order valence-electron chi connectivity index (χ0n) is 8.44. The predicted octanol–water partition coefficient (Wildman–Crippen LogP) is 3.25. The normalized spacial score (nSPS) is 13.0. The van der Waals surface area contributed by atoms with Crippen molar-refractivity contribution in [2.75, 3.05) is 0 Å². The standard InChI is InChI=1S/C10H13F3Si/c1-14(2,3)9-6-4-5-8(7-9)10(11,12)13/h4-7H,1-3H3. The molecule has 0 aliphatic rings. The van der Waals surface area contributed by atoms with Gasteiger partial charge in [0.05, 0.1) is 13.6 Å². The molecule has 14 heavy (non-hydrogen) atoms. The van der Waals surface area contributed by atoms with E-state index in [1.165, 1.54) is 12.1 Å². The maximum Gasteiger partial charge on any atom is 0.416 e. The zero-order valence-corrected chi connectivity index (χ0v) is 9.44. The van der Waals surface area contributed by atoms with Gasteiger partial charge in [-0.25, -0.2) is 0 Å². The van der Waals surface area contributed by atoms with E-state index in [9.17, 15) is 13.2 Å². The largest absolute Gasteiger partial charge is 0.416 e. The number of benzene rings is 1. The van der Waals surface area contributed by atoms with E-state index in [4.69, 9.17) is 0 Å². The third-order valence-electron chi connectivity index (χ3n) is 2.06. The summed E-state index contributed by atoms with van der Waals surface area (Å²) >= 11 is 0. The smallest absolute Gasteiger partial charge is 0.166 e. The third kappa shape index (κ3) is 2.61. The molecule has 0 nitrogen and oxygen atoms in total. The van der Waals surface area contributed by atoms with Crippen LogP contribution in [0.4, 0.5) is 13.2 Å². The van der Waals surface area contributed by atoms with Crippen molar-refractivity contribution in [2.45, 2.75) is 25.8 Å². The number of halogens is 3. The summed E-state index contributed by atoms with van der Waals surface area (Å²) in [7, 11) is -1.64. The first kappa shape index (κ1) is 11.3. The van der Waals surface area contributed by atoms with Gasteiger partial charge in [-0.2, -0.15) is 13.2 Å². The summed E-state index contributed by atoms with van der Waals surface area (Å²) in [4.78, 5) is 0. The minimum absolute atomic E-state index is 0.544. The van der Waals surface area contributed by atoms with Gasteiger partial charge in [-0.15, -0.1) is 0 Å². The summed E-state index contributed by atoms with van der Waals surface area (Å²) in [5, 5.41) is 0.840. The first-order chi connectivity index (χ1) is 6.21. The van der Waals surface area contributed by atoms with E-state index in [0.717, 1.165) is 11.3 Å². The van der Waals surface area contributed by atoms with E-state index in [1.807, 2.05) is 19.6 Å².